The number of furan rings is 1. The first-order valence-electron chi connectivity index (χ1n) is 14.0. The number of pyridine rings is 1. The molecule has 0 fully saturated rings. The molecule has 9 rings (SSSR count). The Bertz CT molecular complexity index is 2480. The number of hydrogen-bond acceptors (Lipinski definition) is 2. The maximum atomic E-state index is 6.29. The molecule has 0 bridgehead atoms. The molecule has 0 unspecified atom stereocenters. The molecule has 0 saturated carbocycles. The van der Waals surface area contributed by atoms with Crippen LogP contribution in [0.1, 0.15) is 0 Å². The van der Waals surface area contributed by atoms with Crippen LogP contribution in [0.4, 0.5) is 0 Å². The van der Waals surface area contributed by atoms with Gasteiger partial charge < -0.3 is 4.42 Å². The van der Waals surface area contributed by atoms with Gasteiger partial charge in [-0.15, -0.1) is 0 Å². The van der Waals surface area contributed by atoms with Crippen molar-refractivity contribution in [2.75, 3.05) is 0 Å². The van der Waals surface area contributed by atoms with Crippen LogP contribution >= 0.6 is 0 Å². The summed E-state index contributed by atoms with van der Waals surface area (Å²) in [6.07, 6.45) is 0. The van der Waals surface area contributed by atoms with Crippen LogP contribution in [-0.2, 0) is 0 Å². The van der Waals surface area contributed by atoms with Gasteiger partial charge in [0.05, 0.1) is 11.2 Å². The van der Waals surface area contributed by atoms with Crippen molar-refractivity contribution in [3.63, 3.8) is 0 Å². The molecule has 0 aliphatic carbocycles. The minimum absolute atomic E-state index is 0.900. The molecule has 0 aliphatic rings. The highest BCUT2D eigenvalue weighted by Gasteiger charge is 2.18. The Kier molecular flexibility index (Phi) is 4.64. The molecular weight excluding hydrogens is 498 g/mol. The lowest BCUT2D eigenvalue weighted by molar-refractivity contribution is 0.669. The third kappa shape index (κ3) is 3.28. The number of rotatable bonds is 2. The molecule has 9 aromatic rings. The van der Waals surface area contributed by atoms with E-state index in [0.29, 0.717) is 0 Å². The minimum Gasteiger partial charge on any atom is -0.456 e. The maximum Gasteiger partial charge on any atom is 0.136 e. The van der Waals surface area contributed by atoms with E-state index in [-0.39, 0.29) is 0 Å². The molecule has 41 heavy (non-hydrogen) atoms. The van der Waals surface area contributed by atoms with Gasteiger partial charge in [0.1, 0.15) is 11.2 Å². The summed E-state index contributed by atoms with van der Waals surface area (Å²) in [6.45, 7) is 0. The lowest BCUT2D eigenvalue weighted by Crippen LogP contribution is -1.91. The van der Waals surface area contributed by atoms with Crippen LogP contribution in [-0.4, -0.2) is 4.98 Å². The van der Waals surface area contributed by atoms with Crippen LogP contribution in [0, 0.1) is 0 Å². The number of nitrogens with zero attached hydrogens (tertiary/aromatic N) is 1. The fourth-order valence-electron chi connectivity index (χ4n) is 6.60. The first kappa shape index (κ1) is 22.4. The predicted octanol–water partition coefficient (Wildman–Crippen LogP) is 10.9. The number of para-hydroxylation sites is 2. The molecule has 7 aromatic carbocycles. The molecule has 0 atom stereocenters. The summed E-state index contributed by atoms with van der Waals surface area (Å²) in [5.74, 6) is 0. The molecule has 0 radical (unpaired) electrons. The fourth-order valence-corrected chi connectivity index (χ4v) is 6.60. The number of benzene rings is 7. The van der Waals surface area contributed by atoms with Crippen molar-refractivity contribution in [2.24, 2.45) is 0 Å². The second-order valence-corrected chi connectivity index (χ2v) is 10.7. The van der Waals surface area contributed by atoms with Gasteiger partial charge in [-0.05, 0) is 69.1 Å². The van der Waals surface area contributed by atoms with E-state index in [0.717, 1.165) is 49.5 Å². The summed E-state index contributed by atoms with van der Waals surface area (Å²) in [4.78, 5) is 5.26. The van der Waals surface area contributed by atoms with Gasteiger partial charge in [-0.2, -0.15) is 0 Å². The van der Waals surface area contributed by atoms with Crippen LogP contribution in [0.15, 0.2) is 144 Å². The average Bonchev–Trinajstić information content (AvgIpc) is 3.43. The SMILES string of the molecule is c1cc(-c2cc3ccccc3c3ccccc23)cc(-c2nc3ccccc3c3c2ccc2oc4ccccc4c23)c1. The van der Waals surface area contributed by atoms with Crippen LogP contribution in [0.5, 0.6) is 0 Å². The molecule has 2 heteroatoms. The molecular formula is C39H23NO. The summed E-state index contributed by atoms with van der Waals surface area (Å²) in [6, 6.07) is 49.5. The Morgan fingerprint density at radius 3 is 2.02 bits per heavy atom. The smallest absolute Gasteiger partial charge is 0.136 e. The molecule has 0 spiro atoms. The highest BCUT2D eigenvalue weighted by molar-refractivity contribution is 6.28. The van der Waals surface area contributed by atoms with Crippen molar-refractivity contribution in [2.45, 2.75) is 0 Å². The third-order valence-electron chi connectivity index (χ3n) is 8.42. The van der Waals surface area contributed by atoms with Gasteiger partial charge in [-0.1, -0.05) is 103 Å². The van der Waals surface area contributed by atoms with Gasteiger partial charge in [0.15, 0.2) is 0 Å². The van der Waals surface area contributed by atoms with Crippen molar-refractivity contribution in [3.8, 4) is 22.4 Å². The zero-order valence-corrected chi connectivity index (χ0v) is 22.1. The zero-order chi connectivity index (χ0) is 26.9. The van der Waals surface area contributed by atoms with E-state index in [2.05, 4.69) is 127 Å². The first-order chi connectivity index (χ1) is 20.3. The Balaban J connectivity index is 1.36. The largest absolute Gasteiger partial charge is 0.456 e. The highest BCUT2D eigenvalue weighted by atomic mass is 16.3. The van der Waals surface area contributed by atoms with Crippen molar-refractivity contribution < 1.29 is 4.42 Å². The summed E-state index contributed by atoms with van der Waals surface area (Å²) in [7, 11) is 0. The van der Waals surface area contributed by atoms with E-state index in [1.54, 1.807) is 0 Å². The predicted molar refractivity (Wildman–Crippen MR) is 172 cm³/mol. The quantitative estimate of drug-likeness (QED) is 0.211. The van der Waals surface area contributed by atoms with Crippen molar-refractivity contribution in [3.05, 3.63) is 140 Å². The summed E-state index contributed by atoms with van der Waals surface area (Å²) >= 11 is 0. The first-order valence-corrected chi connectivity index (χ1v) is 14.0. The Labute approximate surface area is 236 Å². The fraction of sp³-hybridized carbons (Fsp3) is 0. The van der Waals surface area contributed by atoms with Crippen LogP contribution in [0.25, 0.3) is 87.5 Å². The van der Waals surface area contributed by atoms with Gasteiger partial charge in [0, 0.05) is 32.5 Å². The van der Waals surface area contributed by atoms with Gasteiger partial charge >= 0.3 is 0 Å². The normalized spacial score (nSPS) is 11.9. The third-order valence-corrected chi connectivity index (χ3v) is 8.42. The van der Waals surface area contributed by atoms with Crippen LogP contribution < -0.4 is 0 Å². The molecule has 2 heterocycles. The second kappa shape index (κ2) is 8.51. The molecule has 0 saturated heterocycles. The maximum absolute atomic E-state index is 6.29. The molecule has 0 N–H and O–H groups in total. The molecule has 2 aromatic heterocycles. The lowest BCUT2D eigenvalue weighted by atomic mass is 9.91. The number of fused-ring (bicyclic) bond motifs is 10. The van der Waals surface area contributed by atoms with Crippen LogP contribution in [0.2, 0.25) is 0 Å². The average molecular weight is 522 g/mol. The molecule has 0 amide bonds. The highest BCUT2D eigenvalue weighted by Crippen LogP contribution is 2.42. The summed E-state index contributed by atoms with van der Waals surface area (Å²) < 4.78 is 6.29. The zero-order valence-electron chi connectivity index (χ0n) is 22.1. The van der Waals surface area contributed by atoms with Crippen molar-refractivity contribution >= 4 is 65.2 Å². The van der Waals surface area contributed by atoms with Crippen LogP contribution in [0.3, 0.4) is 0 Å². The van der Waals surface area contributed by atoms with Gasteiger partial charge in [-0.25, -0.2) is 4.98 Å². The Morgan fingerprint density at radius 1 is 0.415 bits per heavy atom. The minimum atomic E-state index is 0.900. The van der Waals surface area contributed by atoms with E-state index in [4.69, 9.17) is 9.40 Å². The monoisotopic (exact) mass is 521 g/mol. The lowest BCUT2D eigenvalue weighted by Gasteiger charge is -2.14. The van der Waals surface area contributed by atoms with E-state index in [1.165, 1.54) is 38.1 Å². The molecule has 2 nitrogen and oxygen atoms in total. The van der Waals surface area contributed by atoms with Gasteiger partial charge in [-0.3, -0.25) is 0 Å². The van der Waals surface area contributed by atoms with E-state index in [9.17, 15) is 0 Å². The molecule has 190 valence electrons. The Hall–Kier alpha value is -5.47. The van der Waals surface area contributed by atoms with Gasteiger partial charge in [0.25, 0.3) is 0 Å². The van der Waals surface area contributed by atoms with E-state index >= 15 is 0 Å². The Morgan fingerprint density at radius 2 is 1.12 bits per heavy atom. The van der Waals surface area contributed by atoms with Crippen molar-refractivity contribution in [1.29, 1.82) is 0 Å². The van der Waals surface area contributed by atoms with E-state index < -0.39 is 0 Å². The van der Waals surface area contributed by atoms with E-state index in [1.807, 2.05) is 12.1 Å². The summed E-state index contributed by atoms with van der Waals surface area (Å²) in [5, 5.41) is 10.8. The standard InChI is InChI=1S/C39H23NO/c1-2-13-27-25(10-1)23-33(29-15-4-3-14-28(27)29)24-11-9-12-26(22-24)39-32-20-21-36-38(31-17-6-8-19-35(31)41-36)37(32)30-16-5-7-18-34(30)40-39/h1-23H. The number of hydrogen-bond donors (Lipinski definition) is 0. The van der Waals surface area contributed by atoms with Crippen molar-refractivity contribution in [1.82, 2.24) is 4.98 Å². The molecule has 0 aliphatic heterocycles. The number of aromatic nitrogens is 1. The summed E-state index contributed by atoms with van der Waals surface area (Å²) in [5.41, 5.74) is 7.28. The van der Waals surface area contributed by atoms with Gasteiger partial charge in [0.2, 0.25) is 0 Å². The topological polar surface area (TPSA) is 26.0 Å². The second-order valence-electron chi connectivity index (χ2n) is 10.7.